The first-order chi connectivity index (χ1) is 7.88. The van der Waals surface area contributed by atoms with Gasteiger partial charge in [-0.3, -0.25) is 0 Å². The molecule has 2 heterocycles. The Kier molecular flexibility index (Phi) is 4.13. The van der Waals surface area contributed by atoms with Gasteiger partial charge in [0.1, 0.15) is 5.82 Å². The summed E-state index contributed by atoms with van der Waals surface area (Å²) in [6.07, 6.45) is 2.97. The summed E-state index contributed by atoms with van der Waals surface area (Å²) in [6, 6.07) is 3.99. The van der Waals surface area contributed by atoms with Crippen molar-refractivity contribution in [2.45, 2.75) is 13.0 Å². The minimum absolute atomic E-state index is 0.574. The summed E-state index contributed by atoms with van der Waals surface area (Å²) in [6.45, 7) is 3.14. The highest BCUT2D eigenvalue weighted by Crippen LogP contribution is 2.13. The second-order valence-corrected chi connectivity index (χ2v) is 4.05. The molecule has 1 aromatic rings. The standard InChI is InChI=1S/C12H18N2O2/c1-13-12-3-2-10(6-14-12)7-16-9-11-4-5-15-8-11/h2-3,6,11H,4-5,7-9H2,1H3,(H,13,14). The van der Waals surface area contributed by atoms with Crippen LogP contribution in [-0.2, 0) is 16.1 Å². The van der Waals surface area contributed by atoms with Gasteiger partial charge in [-0.25, -0.2) is 4.98 Å². The van der Waals surface area contributed by atoms with Crippen molar-refractivity contribution in [3.05, 3.63) is 23.9 Å². The lowest BCUT2D eigenvalue weighted by Crippen LogP contribution is -2.09. The predicted octanol–water partition coefficient (Wildman–Crippen LogP) is 1.68. The Balaban J connectivity index is 1.71. The maximum Gasteiger partial charge on any atom is 0.125 e. The molecule has 1 atom stereocenters. The van der Waals surface area contributed by atoms with Crippen LogP contribution in [0.2, 0.25) is 0 Å². The molecular weight excluding hydrogens is 204 g/mol. The third kappa shape index (κ3) is 3.18. The van der Waals surface area contributed by atoms with Crippen molar-refractivity contribution in [3.8, 4) is 0 Å². The van der Waals surface area contributed by atoms with E-state index in [1.165, 1.54) is 0 Å². The third-order valence-corrected chi connectivity index (χ3v) is 2.73. The largest absolute Gasteiger partial charge is 0.381 e. The number of hydrogen-bond donors (Lipinski definition) is 1. The van der Waals surface area contributed by atoms with Gasteiger partial charge in [-0.1, -0.05) is 6.07 Å². The van der Waals surface area contributed by atoms with Crippen molar-refractivity contribution in [2.24, 2.45) is 5.92 Å². The van der Waals surface area contributed by atoms with Crippen molar-refractivity contribution in [1.29, 1.82) is 0 Å². The number of anilines is 1. The fourth-order valence-electron chi connectivity index (χ4n) is 1.72. The van der Waals surface area contributed by atoms with Gasteiger partial charge in [0, 0.05) is 25.8 Å². The topological polar surface area (TPSA) is 43.4 Å². The molecular formula is C12H18N2O2. The molecule has 88 valence electrons. The van der Waals surface area contributed by atoms with Crippen LogP contribution in [0.25, 0.3) is 0 Å². The fraction of sp³-hybridized carbons (Fsp3) is 0.583. The van der Waals surface area contributed by atoms with E-state index in [9.17, 15) is 0 Å². The fourth-order valence-corrected chi connectivity index (χ4v) is 1.72. The summed E-state index contributed by atoms with van der Waals surface area (Å²) in [4.78, 5) is 4.23. The maximum absolute atomic E-state index is 5.64. The van der Waals surface area contributed by atoms with E-state index in [0.717, 1.165) is 37.6 Å². The molecule has 16 heavy (non-hydrogen) atoms. The van der Waals surface area contributed by atoms with Gasteiger partial charge in [-0.15, -0.1) is 0 Å². The van der Waals surface area contributed by atoms with Crippen LogP contribution in [0.4, 0.5) is 5.82 Å². The summed E-state index contributed by atoms with van der Waals surface area (Å²) in [7, 11) is 1.86. The monoisotopic (exact) mass is 222 g/mol. The van der Waals surface area contributed by atoms with Crippen molar-refractivity contribution in [1.82, 2.24) is 4.98 Å². The van der Waals surface area contributed by atoms with E-state index in [-0.39, 0.29) is 0 Å². The Hall–Kier alpha value is -1.13. The molecule has 1 aliphatic heterocycles. The van der Waals surface area contributed by atoms with E-state index in [2.05, 4.69) is 10.3 Å². The van der Waals surface area contributed by atoms with Crippen LogP contribution in [0.5, 0.6) is 0 Å². The Morgan fingerprint density at radius 1 is 1.56 bits per heavy atom. The molecule has 0 aromatic carbocycles. The van der Waals surface area contributed by atoms with Gasteiger partial charge in [0.2, 0.25) is 0 Å². The van der Waals surface area contributed by atoms with Gasteiger partial charge in [0.25, 0.3) is 0 Å². The van der Waals surface area contributed by atoms with E-state index < -0.39 is 0 Å². The molecule has 1 N–H and O–H groups in total. The Labute approximate surface area is 96.0 Å². The number of hydrogen-bond acceptors (Lipinski definition) is 4. The minimum Gasteiger partial charge on any atom is -0.381 e. The number of aromatic nitrogens is 1. The van der Waals surface area contributed by atoms with Crippen LogP contribution in [-0.4, -0.2) is 31.9 Å². The third-order valence-electron chi connectivity index (χ3n) is 2.73. The van der Waals surface area contributed by atoms with Crippen LogP contribution in [0.15, 0.2) is 18.3 Å². The van der Waals surface area contributed by atoms with Gasteiger partial charge in [-0.2, -0.15) is 0 Å². The second kappa shape index (κ2) is 5.82. The average molecular weight is 222 g/mol. The summed E-state index contributed by atoms with van der Waals surface area (Å²) >= 11 is 0. The van der Waals surface area contributed by atoms with E-state index in [1.54, 1.807) is 0 Å². The van der Waals surface area contributed by atoms with Crippen molar-refractivity contribution in [3.63, 3.8) is 0 Å². The van der Waals surface area contributed by atoms with Crippen molar-refractivity contribution >= 4 is 5.82 Å². The van der Waals surface area contributed by atoms with Crippen molar-refractivity contribution in [2.75, 3.05) is 32.2 Å². The molecule has 0 saturated carbocycles. The highest BCUT2D eigenvalue weighted by molar-refractivity contribution is 5.34. The number of nitrogens with one attached hydrogen (secondary N) is 1. The zero-order valence-corrected chi connectivity index (χ0v) is 9.61. The Bertz CT molecular complexity index is 307. The first-order valence-corrected chi connectivity index (χ1v) is 5.66. The van der Waals surface area contributed by atoms with E-state index in [0.29, 0.717) is 12.5 Å². The molecule has 1 aliphatic rings. The molecule has 0 aliphatic carbocycles. The van der Waals surface area contributed by atoms with Crippen LogP contribution in [0.3, 0.4) is 0 Å². The number of pyridine rings is 1. The normalized spacial score (nSPS) is 19.9. The van der Waals surface area contributed by atoms with Gasteiger partial charge in [0.15, 0.2) is 0 Å². The number of ether oxygens (including phenoxy) is 2. The van der Waals surface area contributed by atoms with Crippen LogP contribution in [0, 0.1) is 5.92 Å². The molecule has 4 nitrogen and oxygen atoms in total. The predicted molar refractivity (Wildman–Crippen MR) is 62.4 cm³/mol. The average Bonchev–Trinajstić information content (AvgIpc) is 2.83. The molecule has 1 unspecified atom stereocenters. The zero-order chi connectivity index (χ0) is 11.2. The molecule has 4 heteroatoms. The quantitative estimate of drug-likeness (QED) is 0.823. The van der Waals surface area contributed by atoms with Gasteiger partial charge in [0.05, 0.1) is 19.8 Å². The van der Waals surface area contributed by atoms with Gasteiger partial charge < -0.3 is 14.8 Å². The summed E-state index contributed by atoms with van der Waals surface area (Å²) in [5.41, 5.74) is 1.11. The SMILES string of the molecule is CNc1ccc(COCC2CCOC2)cn1. The number of rotatable bonds is 5. The Morgan fingerprint density at radius 3 is 3.12 bits per heavy atom. The lowest BCUT2D eigenvalue weighted by atomic mass is 10.1. The van der Waals surface area contributed by atoms with Crippen LogP contribution in [0.1, 0.15) is 12.0 Å². The lowest BCUT2D eigenvalue weighted by molar-refractivity contribution is 0.0790. The summed E-state index contributed by atoms with van der Waals surface area (Å²) in [5.74, 6) is 1.46. The zero-order valence-electron chi connectivity index (χ0n) is 9.61. The maximum atomic E-state index is 5.64. The summed E-state index contributed by atoms with van der Waals surface area (Å²) < 4.78 is 10.9. The van der Waals surface area contributed by atoms with Crippen LogP contribution < -0.4 is 5.32 Å². The molecule has 0 spiro atoms. The highest BCUT2D eigenvalue weighted by atomic mass is 16.5. The second-order valence-electron chi connectivity index (χ2n) is 4.05. The molecule has 1 saturated heterocycles. The molecule has 2 rings (SSSR count). The minimum atomic E-state index is 0.574. The smallest absolute Gasteiger partial charge is 0.125 e. The van der Waals surface area contributed by atoms with Crippen molar-refractivity contribution < 1.29 is 9.47 Å². The first-order valence-electron chi connectivity index (χ1n) is 5.66. The molecule has 0 amide bonds. The van der Waals surface area contributed by atoms with E-state index in [4.69, 9.17) is 9.47 Å². The first kappa shape index (κ1) is 11.4. The van der Waals surface area contributed by atoms with Gasteiger partial charge >= 0.3 is 0 Å². The lowest BCUT2D eigenvalue weighted by Gasteiger charge is -2.08. The van der Waals surface area contributed by atoms with Gasteiger partial charge in [-0.05, 0) is 18.1 Å². The highest BCUT2D eigenvalue weighted by Gasteiger charge is 2.15. The van der Waals surface area contributed by atoms with E-state index in [1.807, 2.05) is 25.4 Å². The molecule has 1 fully saturated rings. The number of nitrogens with zero attached hydrogens (tertiary/aromatic N) is 1. The molecule has 1 aromatic heterocycles. The molecule has 0 bridgehead atoms. The molecule has 0 radical (unpaired) electrons. The van der Waals surface area contributed by atoms with E-state index >= 15 is 0 Å². The summed E-state index contributed by atoms with van der Waals surface area (Å²) in [5, 5.41) is 2.99. The Morgan fingerprint density at radius 2 is 2.50 bits per heavy atom. The van der Waals surface area contributed by atoms with Crippen LogP contribution >= 0.6 is 0 Å².